The molecule has 2 heterocycles. The Morgan fingerprint density at radius 3 is 2.67 bits per heavy atom. The number of nitrogens with zero attached hydrogens (tertiary/aromatic N) is 2. The highest BCUT2D eigenvalue weighted by molar-refractivity contribution is 9.10. The van der Waals surface area contributed by atoms with Gasteiger partial charge in [0.05, 0.1) is 6.07 Å². The average Bonchev–Trinajstić information content (AvgIpc) is 3.14. The first-order chi connectivity index (χ1) is 10.2. The lowest BCUT2D eigenvalue weighted by molar-refractivity contribution is 0.0635. The van der Waals surface area contributed by atoms with Gasteiger partial charge in [-0.3, -0.25) is 4.79 Å². The summed E-state index contributed by atoms with van der Waals surface area (Å²) in [6.45, 7) is 0.555. The van der Waals surface area contributed by atoms with E-state index in [2.05, 4.69) is 22.0 Å². The fourth-order valence-electron chi connectivity index (χ4n) is 2.85. The number of rotatable bonds is 2. The van der Waals surface area contributed by atoms with E-state index in [1.165, 1.54) is 0 Å². The van der Waals surface area contributed by atoms with Crippen LogP contribution >= 0.6 is 15.9 Å². The number of hydrogen-bond donors (Lipinski definition) is 0. The summed E-state index contributed by atoms with van der Waals surface area (Å²) in [4.78, 5) is 14.3. The highest BCUT2D eigenvalue weighted by Crippen LogP contribution is 2.39. The third-order valence-corrected chi connectivity index (χ3v) is 4.27. The highest BCUT2D eigenvalue weighted by atomic mass is 79.9. The van der Waals surface area contributed by atoms with Crippen LogP contribution in [0.5, 0.6) is 0 Å². The summed E-state index contributed by atoms with van der Waals surface area (Å²) >= 11 is 3.20. The van der Waals surface area contributed by atoms with E-state index in [9.17, 15) is 10.1 Å². The number of nitriles is 1. The van der Waals surface area contributed by atoms with Crippen molar-refractivity contribution in [3.8, 4) is 6.07 Å². The van der Waals surface area contributed by atoms with Gasteiger partial charge in [0.1, 0.15) is 0 Å². The Bertz CT molecular complexity index is 705. The molecule has 1 fully saturated rings. The minimum atomic E-state index is -0.905. The lowest BCUT2D eigenvalue weighted by atomic mass is 9.88. The van der Waals surface area contributed by atoms with Crippen molar-refractivity contribution in [3.63, 3.8) is 0 Å². The van der Waals surface area contributed by atoms with Crippen LogP contribution in [-0.4, -0.2) is 17.4 Å². The summed E-state index contributed by atoms with van der Waals surface area (Å²) in [5.41, 5.74) is -0.0542. The smallest absolute Gasteiger partial charge is 0.291 e. The first-order valence-corrected chi connectivity index (χ1v) is 7.51. The van der Waals surface area contributed by atoms with Crippen LogP contribution in [0.3, 0.4) is 0 Å². The van der Waals surface area contributed by atoms with E-state index >= 15 is 0 Å². The number of benzene rings is 1. The van der Waals surface area contributed by atoms with Gasteiger partial charge in [0.2, 0.25) is 0 Å². The second-order valence-electron chi connectivity index (χ2n) is 5.00. The fourth-order valence-corrected chi connectivity index (χ4v) is 3.16. The van der Waals surface area contributed by atoms with Gasteiger partial charge in [0.25, 0.3) is 5.91 Å². The van der Waals surface area contributed by atoms with Crippen LogP contribution in [0, 0.1) is 11.3 Å². The van der Waals surface area contributed by atoms with Crippen molar-refractivity contribution in [1.29, 1.82) is 5.26 Å². The normalized spacial score (nSPS) is 21.2. The Balaban J connectivity index is 2.02. The first kappa shape index (κ1) is 13.9. The molecule has 0 unspecified atom stereocenters. The first-order valence-electron chi connectivity index (χ1n) is 6.71. The van der Waals surface area contributed by atoms with Crippen LogP contribution in [0.25, 0.3) is 0 Å². The van der Waals surface area contributed by atoms with Crippen molar-refractivity contribution in [2.45, 2.75) is 18.4 Å². The van der Waals surface area contributed by atoms with Gasteiger partial charge in [0.15, 0.2) is 16.0 Å². The molecule has 1 aliphatic heterocycles. The van der Waals surface area contributed by atoms with E-state index in [0.717, 1.165) is 12.0 Å². The molecule has 0 radical (unpaired) electrons. The Morgan fingerprint density at radius 1 is 1.29 bits per heavy atom. The highest BCUT2D eigenvalue weighted by Gasteiger charge is 2.46. The molecule has 3 rings (SSSR count). The molecule has 1 amide bonds. The van der Waals surface area contributed by atoms with Crippen LogP contribution in [0.4, 0.5) is 0 Å². The third kappa shape index (κ3) is 2.26. The lowest BCUT2D eigenvalue weighted by Gasteiger charge is -2.32. The maximum atomic E-state index is 12.7. The molecule has 1 aromatic heterocycles. The SMILES string of the molecule is N#C[C@]1(c2ccccc2)CCCN1C(=O)c1ccc(Br)o1. The van der Waals surface area contributed by atoms with Crippen molar-refractivity contribution >= 4 is 21.8 Å². The summed E-state index contributed by atoms with van der Waals surface area (Å²) in [6, 6.07) is 15.1. The monoisotopic (exact) mass is 344 g/mol. The summed E-state index contributed by atoms with van der Waals surface area (Å²) in [7, 11) is 0. The number of hydrogen-bond acceptors (Lipinski definition) is 3. The van der Waals surface area contributed by atoms with Gasteiger partial charge < -0.3 is 9.32 Å². The van der Waals surface area contributed by atoms with Crippen molar-refractivity contribution in [2.24, 2.45) is 0 Å². The number of likely N-dealkylation sites (tertiary alicyclic amines) is 1. The van der Waals surface area contributed by atoms with Gasteiger partial charge in [-0.05, 0) is 46.5 Å². The molecule has 106 valence electrons. The molecule has 2 aromatic rings. The number of amides is 1. The molecule has 0 spiro atoms. The molecule has 0 bridgehead atoms. The number of carbonyl (C=O) groups excluding carboxylic acids is 1. The Labute approximate surface area is 131 Å². The van der Waals surface area contributed by atoms with Gasteiger partial charge >= 0.3 is 0 Å². The van der Waals surface area contributed by atoms with Gasteiger partial charge in [-0.15, -0.1) is 0 Å². The van der Waals surface area contributed by atoms with E-state index in [1.54, 1.807) is 17.0 Å². The van der Waals surface area contributed by atoms with Crippen LogP contribution in [-0.2, 0) is 5.54 Å². The molecule has 0 N–H and O–H groups in total. The molecule has 1 saturated heterocycles. The Morgan fingerprint density at radius 2 is 2.05 bits per heavy atom. The molecular weight excluding hydrogens is 332 g/mol. The molecule has 1 atom stereocenters. The Hall–Kier alpha value is -2.06. The van der Waals surface area contributed by atoms with Crippen molar-refractivity contribution in [3.05, 3.63) is 58.5 Å². The largest absolute Gasteiger partial charge is 0.444 e. The second kappa shape index (κ2) is 5.38. The Kier molecular flexibility index (Phi) is 3.56. The van der Waals surface area contributed by atoms with Crippen molar-refractivity contribution in [2.75, 3.05) is 6.54 Å². The molecule has 0 saturated carbocycles. The lowest BCUT2D eigenvalue weighted by Crippen LogP contribution is -2.44. The van der Waals surface area contributed by atoms with E-state index in [0.29, 0.717) is 17.6 Å². The van der Waals surface area contributed by atoms with Gasteiger partial charge in [-0.25, -0.2) is 0 Å². The molecule has 21 heavy (non-hydrogen) atoms. The van der Waals surface area contributed by atoms with Crippen molar-refractivity contribution < 1.29 is 9.21 Å². The third-order valence-electron chi connectivity index (χ3n) is 3.85. The zero-order chi connectivity index (χ0) is 14.9. The zero-order valence-corrected chi connectivity index (χ0v) is 12.8. The molecular formula is C16H13BrN2O2. The van der Waals surface area contributed by atoms with E-state index in [-0.39, 0.29) is 11.7 Å². The topological polar surface area (TPSA) is 57.2 Å². The quantitative estimate of drug-likeness (QED) is 0.834. The van der Waals surface area contributed by atoms with Crippen LogP contribution in [0.1, 0.15) is 29.0 Å². The number of furan rings is 1. The predicted molar refractivity (Wildman–Crippen MR) is 80.4 cm³/mol. The van der Waals surface area contributed by atoms with Gasteiger partial charge in [-0.2, -0.15) is 5.26 Å². The van der Waals surface area contributed by atoms with Crippen LogP contribution in [0.15, 0.2) is 51.6 Å². The molecule has 5 heteroatoms. The van der Waals surface area contributed by atoms with Crippen LogP contribution < -0.4 is 0 Å². The predicted octanol–water partition coefficient (Wildman–Crippen LogP) is 3.70. The maximum absolute atomic E-state index is 12.7. The van der Waals surface area contributed by atoms with Gasteiger partial charge in [-0.1, -0.05) is 30.3 Å². The van der Waals surface area contributed by atoms with Crippen LogP contribution in [0.2, 0.25) is 0 Å². The minimum absolute atomic E-state index is 0.247. The molecule has 4 nitrogen and oxygen atoms in total. The summed E-state index contributed by atoms with van der Waals surface area (Å²) in [5.74, 6) is 0.00272. The van der Waals surface area contributed by atoms with E-state index in [1.807, 2.05) is 30.3 Å². The fraction of sp³-hybridized carbons (Fsp3) is 0.250. The minimum Gasteiger partial charge on any atom is -0.444 e. The second-order valence-corrected chi connectivity index (χ2v) is 5.78. The van der Waals surface area contributed by atoms with Crippen molar-refractivity contribution in [1.82, 2.24) is 4.90 Å². The molecule has 1 aromatic carbocycles. The zero-order valence-electron chi connectivity index (χ0n) is 11.3. The summed E-state index contributed by atoms with van der Waals surface area (Å²) in [5, 5.41) is 9.76. The molecule has 1 aliphatic rings. The number of carbonyl (C=O) groups is 1. The number of halogens is 1. The summed E-state index contributed by atoms with van der Waals surface area (Å²) in [6.07, 6.45) is 1.44. The van der Waals surface area contributed by atoms with Gasteiger partial charge in [0, 0.05) is 6.54 Å². The van der Waals surface area contributed by atoms with E-state index in [4.69, 9.17) is 4.42 Å². The average molecular weight is 345 g/mol. The maximum Gasteiger partial charge on any atom is 0.291 e. The van der Waals surface area contributed by atoms with E-state index < -0.39 is 5.54 Å². The standard InChI is InChI=1S/C16H13BrN2O2/c17-14-8-7-13(21-14)15(20)19-10-4-9-16(19,11-18)12-5-2-1-3-6-12/h1-3,5-8H,4,9-10H2/t16-/m0/s1. The summed E-state index contributed by atoms with van der Waals surface area (Å²) < 4.78 is 5.85. The molecule has 0 aliphatic carbocycles.